The molecular weight excluding hydrogens is 360 g/mol. The number of carbonyl (C=O) groups excluding carboxylic acids is 2. The Balaban J connectivity index is 1.80. The highest BCUT2D eigenvalue weighted by Crippen LogP contribution is 2.24. The minimum Gasteiger partial charge on any atom is -0.453 e. The van der Waals surface area contributed by atoms with Gasteiger partial charge in [0.2, 0.25) is 0 Å². The highest BCUT2D eigenvalue weighted by Gasteiger charge is 2.29. The van der Waals surface area contributed by atoms with Crippen molar-refractivity contribution in [3.63, 3.8) is 0 Å². The first-order chi connectivity index (χ1) is 13.5. The Labute approximate surface area is 164 Å². The molecule has 1 fully saturated rings. The molecule has 2 aromatic carbocycles. The maximum Gasteiger partial charge on any atom is 0.335 e. The molecule has 0 radical (unpaired) electrons. The minimum atomic E-state index is -0.812. The summed E-state index contributed by atoms with van der Waals surface area (Å²) in [4.78, 5) is 25.0. The molecule has 6 heteroatoms. The van der Waals surface area contributed by atoms with Crippen LogP contribution < -0.4 is 0 Å². The maximum atomic E-state index is 12.5. The van der Waals surface area contributed by atoms with Crippen LogP contribution in [0.5, 0.6) is 0 Å². The normalized spacial score (nSPS) is 27.1. The summed E-state index contributed by atoms with van der Waals surface area (Å²) >= 11 is 0. The number of rotatable bonds is 2. The van der Waals surface area contributed by atoms with Gasteiger partial charge in [-0.3, -0.25) is 0 Å². The van der Waals surface area contributed by atoms with Gasteiger partial charge >= 0.3 is 11.9 Å². The molecule has 4 atom stereocenters. The van der Waals surface area contributed by atoms with E-state index < -0.39 is 36.4 Å². The molecule has 0 N–H and O–H groups in total. The van der Waals surface area contributed by atoms with Gasteiger partial charge in [0.15, 0.2) is 24.4 Å². The predicted molar refractivity (Wildman–Crippen MR) is 101 cm³/mol. The molecule has 0 amide bonds. The first-order valence-corrected chi connectivity index (χ1v) is 9.28. The van der Waals surface area contributed by atoms with Crippen LogP contribution in [0.25, 0.3) is 0 Å². The lowest BCUT2D eigenvalue weighted by Crippen LogP contribution is -2.33. The zero-order valence-corrected chi connectivity index (χ0v) is 15.9. The molecule has 0 saturated carbocycles. The number of benzene rings is 2. The molecule has 0 spiro atoms. The Kier molecular flexibility index (Phi) is 6.79. The highest BCUT2D eigenvalue weighted by molar-refractivity contribution is 5.75. The Morgan fingerprint density at radius 1 is 0.643 bits per heavy atom. The van der Waals surface area contributed by atoms with E-state index in [9.17, 15) is 9.59 Å². The Hall–Kier alpha value is -2.70. The first kappa shape index (κ1) is 20.0. The second-order valence-corrected chi connectivity index (χ2v) is 6.62. The van der Waals surface area contributed by atoms with E-state index in [0.29, 0.717) is 0 Å². The number of hydrogen-bond donors (Lipinski definition) is 0. The van der Waals surface area contributed by atoms with Crippen molar-refractivity contribution in [3.05, 3.63) is 71.8 Å². The molecule has 1 aliphatic rings. The van der Waals surface area contributed by atoms with Gasteiger partial charge in [0.05, 0.1) is 13.2 Å². The van der Waals surface area contributed by atoms with Crippen LogP contribution in [0.3, 0.4) is 0 Å². The molecule has 1 heterocycles. The molecule has 2 aromatic rings. The van der Waals surface area contributed by atoms with Crippen LogP contribution in [0.15, 0.2) is 60.7 Å². The summed E-state index contributed by atoms with van der Waals surface area (Å²) in [6, 6.07) is 18.5. The average molecular weight is 384 g/mol. The van der Waals surface area contributed by atoms with Gasteiger partial charge in [-0.25, -0.2) is 9.59 Å². The van der Waals surface area contributed by atoms with Crippen molar-refractivity contribution in [3.8, 4) is 0 Å². The fourth-order valence-corrected chi connectivity index (χ4v) is 2.80. The van der Waals surface area contributed by atoms with Crippen molar-refractivity contribution in [2.24, 2.45) is 0 Å². The third-order valence-corrected chi connectivity index (χ3v) is 4.52. The summed E-state index contributed by atoms with van der Waals surface area (Å²) in [7, 11) is 0. The topological polar surface area (TPSA) is 71.1 Å². The lowest BCUT2D eigenvalue weighted by molar-refractivity contribution is -0.181. The van der Waals surface area contributed by atoms with Crippen molar-refractivity contribution < 1.29 is 28.5 Å². The third kappa shape index (κ3) is 5.18. The molecule has 0 aromatic heterocycles. The van der Waals surface area contributed by atoms with E-state index in [-0.39, 0.29) is 13.2 Å². The highest BCUT2D eigenvalue weighted by atomic mass is 16.6. The molecule has 1 saturated heterocycles. The summed E-state index contributed by atoms with van der Waals surface area (Å²) in [6.07, 6.45) is -2.90. The van der Waals surface area contributed by atoms with Crippen LogP contribution in [0, 0.1) is 0 Å². The largest absolute Gasteiger partial charge is 0.453 e. The van der Waals surface area contributed by atoms with E-state index >= 15 is 0 Å². The van der Waals surface area contributed by atoms with E-state index in [1.165, 1.54) is 0 Å². The Morgan fingerprint density at radius 3 is 1.36 bits per heavy atom. The van der Waals surface area contributed by atoms with Crippen LogP contribution >= 0.6 is 0 Å². The summed E-state index contributed by atoms with van der Waals surface area (Å²) < 4.78 is 22.5. The molecule has 148 valence electrons. The molecule has 4 unspecified atom stereocenters. The number of cyclic esters (lactones) is 2. The average Bonchev–Trinajstić information content (AvgIpc) is 2.73. The van der Waals surface area contributed by atoms with Crippen LogP contribution in [0.2, 0.25) is 0 Å². The maximum absolute atomic E-state index is 12.5. The van der Waals surface area contributed by atoms with Gasteiger partial charge in [-0.15, -0.1) is 0 Å². The summed E-state index contributed by atoms with van der Waals surface area (Å²) in [5.41, 5.74) is 1.56. The number of carbonyl (C=O) groups is 2. The lowest BCUT2D eigenvalue weighted by Gasteiger charge is -2.26. The Bertz CT molecular complexity index is 709. The van der Waals surface area contributed by atoms with Gasteiger partial charge in [-0.1, -0.05) is 60.7 Å². The molecule has 0 aliphatic carbocycles. The molecular formula is C22H24O6. The van der Waals surface area contributed by atoms with Gasteiger partial charge in [-0.2, -0.15) is 0 Å². The number of esters is 2. The lowest BCUT2D eigenvalue weighted by atomic mass is 10.1. The monoisotopic (exact) mass is 384 g/mol. The summed E-state index contributed by atoms with van der Waals surface area (Å²) in [5, 5.41) is 0. The summed E-state index contributed by atoms with van der Waals surface area (Å²) in [5.74, 6) is -0.993. The SMILES string of the molecule is CC1OCC(c2ccccc2)OC(=O)C(C)OCC(c2ccccc2)OC1=O. The van der Waals surface area contributed by atoms with Crippen LogP contribution in [-0.4, -0.2) is 37.4 Å². The zero-order chi connectivity index (χ0) is 19.9. The van der Waals surface area contributed by atoms with E-state index in [0.717, 1.165) is 11.1 Å². The van der Waals surface area contributed by atoms with Crippen molar-refractivity contribution in [1.29, 1.82) is 0 Å². The fourth-order valence-electron chi connectivity index (χ4n) is 2.80. The number of hydrogen-bond acceptors (Lipinski definition) is 6. The Morgan fingerprint density at radius 2 is 1.00 bits per heavy atom. The van der Waals surface area contributed by atoms with E-state index in [1.54, 1.807) is 13.8 Å². The zero-order valence-electron chi connectivity index (χ0n) is 15.9. The molecule has 1 aliphatic heterocycles. The van der Waals surface area contributed by atoms with Crippen LogP contribution in [0.4, 0.5) is 0 Å². The van der Waals surface area contributed by atoms with E-state index in [2.05, 4.69) is 0 Å². The van der Waals surface area contributed by atoms with E-state index in [4.69, 9.17) is 18.9 Å². The first-order valence-electron chi connectivity index (χ1n) is 9.28. The standard InChI is InChI=1S/C22H24O6/c1-15-21(23)27-20(18-11-7-4-8-12-18)14-26-16(2)22(24)28-19(13-25-15)17-9-5-3-6-10-17/h3-12,15-16,19-20H,13-14H2,1-2H3. The second-order valence-electron chi connectivity index (χ2n) is 6.62. The van der Waals surface area contributed by atoms with Crippen molar-refractivity contribution >= 4 is 11.9 Å². The number of ether oxygens (including phenoxy) is 4. The third-order valence-electron chi connectivity index (χ3n) is 4.52. The van der Waals surface area contributed by atoms with Gasteiger partial charge in [-0.05, 0) is 25.0 Å². The molecule has 28 heavy (non-hydrogen) atoms. The van der Waals surface area contributed by atoms with Crippen molar-refractivity contribution in [2.75, 3.05) is 13.2 Å². The van der Waals surface area contributed by atoms with Gasteiger partial charge in [0.1, 0.15) is 0 Å². The summed E-state index contributed by atoms with van der Waals surface area (Å²) in [6.45, 7) is 3.30. The van der Waals surface area contributed by atoms with Crippen LogP contribution in [-0.2, 0) is 28.5 Å². The van der Waals surface area contributed by atoms with Gasteiger partial charge < -0.3 is 18.9 Å². The fraction of sp³-hybridized carbons (Fsp3) is 0.364. The second kappa shape index (κ2) is 9.48. The molecule has 6 nitrogen and oxygen atoms in total. The molecule has 0 bridgehead atoms. The van der Waals surface area contributed by atoms with Crippen LogP contribution in [0.1, 0.15) is 37.2 Å². The van der Waals surface area contributed by atoms with Crippen molar-refractivity contribution in [2.45, 2.75) is 38.3 Å². The minimum absolute atomic E-state index is 0.0365. The van der Waals surface area contributed by atoms with Crippen molar-refractivity contribution in [1.82, 2.24) is 0 Å². The smallest absolute Gasteiger partial charge is 0.335 e. The quantitative estimate of drug-likeness (QED) is 0.740. The predicted octanol–water partition coefficient (Wildman–Crippen LogP) is 3.38. The molecule has 3 rings (SSSR count). The van der Waals surface area contributed by atoms with E-state index in [1.807, 2.05) is 60.7 Å². The van der Waals surface area contributed by atoms with Gasteiger partial charge in [0.25, 0.3) is 0 Å². The van der Waals surface area contributed by atoms with Gasteiger partial charge in [0, 0.05) is 0 Å².